The van der Waals surface area contributed by atoms with Gasteiger partial charge in [0, 0.05) is 0 Å². The summed E-state index contributed by atoms with van der Waals surface area (Å²) in [5.74, 6) is 0.899. The summed E-state index contributed by atoms with van der Waals surface area (Å²) < 4.78 is 0. The van der Waals surface area contributed by atoms with E-state index in [1.54, 1.807) is 5.57 Å². The van der Waals surface area contributed by atoms with Crippen molar-refractivity contribution in [2.45, 2.75) is 39.5 Å². The molecule has 0 nitrogen and oxygen atoms in total. The van der Waals surface area contributed by atoms with Crippen LogP contribution in [-0.4, -0.2) is 0 Å². The molecular weight excluding hydrogens is 204 g/mol. The van der Waals surface area contributed by atoms with E-state index in [0.717, 1.165) is 5.92 Å². The van der Waals surface area contributed by atoms with Crippen molar-refractivity contribution < 1.29 is 0 Å². The van der Waals surface area contributed by atoms with E-state index in [9.17, 15) is 0 Å². The minimum atomic E-state index is 0.899. The predicted molar refractivity (Wildman–Crippen MR) is 73.9 cm³/mol. The molecule has 0 heteroatoms. The summed E-state index contributed by atoms with van der Waals surface area (Å²) >= 11 is 0. The van der Waals surface area contributed by atoms with Crippen molar-refractivity contribution >= 4 is 5.57 Å². The smallest absolute Gasteiger partial charge is 0.0155 e. The van der Waals surface area contributed by atoms with E-state index in [0.29, 0.717) is 0 Å². The molecule has 1 aromatic carbocycles. The summed E-state index contributed by atoms with van der Waals surface area (Å²) in [6, 6.07) is 6.84. The van der Waals surface area contributed by atoms with Gasteiger partial charge in [-0.25, -0.2) is 0 Å². The van der Waals surface area contributed by atoms with Crippen LogP contribution >= 0.6 is 0 Å². The van der Waals surface area contributed by atoms with Crippen LogP contribution in [0.3, 0.4) is 0 Å². The standard InChI is InChI=1S/C17H20/c1-12-7-10-15(13(2)11-12)17-6-4-3-5-16(17)14-8-9-14/h4,6-7,10-11,14H,3,5,8-9H2,1-2H3. The molecule has 1 aromatic rings. The van der Waals surface area contributed by atoms with E-state index in [1.807, 2.05) is 0 Å². The largest absolute Gasteiger partial charge is 0.0836 e. The molecule has 0 aromatic heterocycles. The average molecular weight is 224 g/mol. The normalized spacial score (nSPS) is 19.9. The Balaban J connectivity index is 2.09. The van der Waals surface area contributed by atoms with Crippen molar-refractivity contribution in [1.82, 2.24) is 0 Å². The van der Waals surface area contributed by atoms with Gasteiger partial charge < -0.3 is 0 Å². The molecule has 2 aliphatic carbocycles. The lowest BCUT2D eigenvalue weighted by atomic mass is 9.87. The van der Waals surface area contributed by atoms with Gasteiger partial charge in [0.25, 0.3) is 0 Å². The molecule has 0 saturated heterocycles. The second-order valence-corrected chi connectivity index (χ2v) is 5.47. The zero-order chi connectivity index (χ0) is 11.8. The summed E-state index contributed by atoms with van der Waals surface area (Å²) in [7, 11) is 0. The third-order valence-corrected chi connectivity index (χ3v) is 3.95. The Morgan fingerprint density at radius 1 is 1.12 bits per heavy atom. The number of hydrogen-bond donors (Lipinski definition) is 0. The van der Waals surface area contributed by atoms with Gasteiger partial charge in [-0.3, -0.25) is 0 Å². The molecule has 1 fully saturated rings. The van der Waals surface area contributed by atoms with Crippen molar-refractivity contribution in [2.75, 3.05) is 0 Å². The third kappa shape index (κ3) is 2.09. The second-order valence-electron chi connectivity index (χ2n) is 5.47. The molecule has 3 rings (SSSR count). The lowest BCUT2D eigenvalue weighted by Gasteiger charge is -2.18. The molecule has 0 radical (unpaired) electrons. The van der Waals surface area contributed by atoms with E-state index in [1.165, 1.54) is 47.9 Å². The van der Waals surface area contributed by atoms with Gasteiger partial charge in [-0.2, -0.15) is 0 Å². The molecular formula is C17H20. The van der Waals surface area contributed by atoms with E-state index in [2.05, 4.69) is 44.2 Å². The van der Waals surface area contributed by atoms with E-state index in [-0.39, 0.29) is 0 Å². The Labute approximate surface area is 104 Å². The molecule has 17 heavy (non-hydrogen) atoms. The summed E-state index contributed by atoms with van der Waals surface area (Å²) in [5.41, 5.74) is 7.48. The van der Waals surface area contributed by atoms with Gasteiger partial charge in [-0.1, -0.05) is 41.5 Å². The predicted octanol–water partition coefficient (Wildman–Crippen LogP) is 4.82. The van der Waals surface area contributed by atoms with Gasteiger partial charge in [0.1, 0.15) is 0 Å². The van der Waals surface area contributed by atoms with Crippen molar-refractivity contribution in [3.8, 4) is 0 Å². The van der Waals surface area contributed by atoms with Crippen LogP contribution in [0.5, 0.6) is 0 Å². The van der Waals surface area contributed by atoms with Crippen molar-refractivity contribution in [3.63, 3.8) is 0 Å². The van der Waals surface area contributed by atoms with Crippen LogP contribution in [0, 0.1) is 19.8 Å². The van der Waals surface area contributed by atoms with Crippen LogP contribution in [0.4, 0.5) is 0 Å². The Morgan fingerprint density at radius 3 is 2.65 bits per heavy atom. The van der Waals surface area contributed by atoms with E-state index in [4.69, 9.17) is 0 Å². The minimum absolute atomic E-state index is 0.899. The quantitative estimate of drug-likeness (QED) is 0.675. The Bertz CT molecular complexity index is 499. The van der Waals surface area contributed by atoms with Gasteiger partial charge in [-0.15, -0.1) is 0 Å². The molecule has 0 heterocycles. The number of hydrogen-bond acceptors (Lipinski definition) is 0. The maximum Gasteiger partial charge on any atom is -0.0155 e. The van der Waals surface area contributed by atoms with Gasteiger partial charge in [-0.05, 0) is 62.1 Å². The Hall–Kier alpha value is -1.30. The molecule has 0 bridgehead atoms. The number of benzene rings is 1. The van der Waals surface area contributed by atoms with Crippen LogP contribution in [0.2, 0.25) is 0 Å². The molecule has 0 N–H and O–H groups in total. The molecule has 88 valence electrons. The molecule has 0 amide bonds. The second kappa shape index (κ2) is 4.18. The van der Waals surface area contributed by atoms with E-state index >= 15 is 0 Å². The monoisotopic (exact) mass is 224 g/mol. The zero-order valence-corrected chi connectivity index (χ0v) is 10.8. The highest BCUT2D eigenvalue weighted by Crippen LogP contribution is 2.44. The minimum Gasteiger partial charge on any atom is -0.0836 e. The van der Waals surface area contributed by atoms with Crippen LogP contribution in [0.25, 0.3) is 5.57 Å². The first kappa shape index (κ1) is 10.8. The van der Waals surface area contributed by atoms with Crippen molar-refractivity contribution in [2.24, 2.45) is 5.92 Å². The van der Waals surface area contributed by atoms with Gasteiger partial charge in [0.15, 0.2) is 0 Å². The summed E-state index contributed by atoms with van der Waals surface area (Å²) in [6.07, 6.45) is 10.0. The maximum atomic E-state index is 2.36. The fraction of sp³-hybridized carbons (Fsp3) is 0.412. The first-order chi connectivity index (χ1) is 8.25. The maximum absolute atomic E-state index is 2.36. The topological polar surface area (TPSA) is 0 Å². The van der Waals surface area contributed by atoms with Gasteiger partial charge in [0.05, 0.1) is 0 Å². The van der Waals surface area contributed by atoms with E-state index < -0.39 is 0 Å². The lowest BCUT2D eigenvalue weighted by molar-refractivity contribution is 0.855. The number of aryl methyl sites for hydroxylation is 2. The SMILES string of the molecule is Cc1ccc(C2=C(C3CC3)CCC=C2)c(C)c1. The first-order valence-electron chi connectivity index (χ1n) is 6.73. The molecule has 2 aliphatic rings. The first-order valence-corrected chi connectivity index (χ1v) is 6.73. The number of allylic oxidation sites excluding steroid dienone is 4. The van der Waals surface area contributed by atoms with Gasteiger partial charge >= 0.3 is 0 Å². The zero-order valence-electron chi connectivity index (χ0n) is 10.8. The third-order valence-electron chi connectivity index (χ3n) is 3.95. The van der Waals surface area contributed by atoms with Crippen LogP contribution in [-0.2, 0) is 0 Å². The fourth-order valence-corrected chi connectivity index (χ4v) is 2.92. The van der Waals surface area contributed by atoms with Gasteiger partial charge in [0.2, 0.25) is 0 Å². The highest BCUT2D eigenvalue weighted by atomic mass is 14.3. The molecule has 0 atom stereocenters. The van der Waals surface area contributed by atoms with Crippen molar-refractivity contribution in [3.05, 3.63) is 52.6 Å². The fourth-order valence-electron chi connectivity index (χ4n) is 2.92. The highest BCUT2D eigenvalue weighted by molar-refractivity contribution is 5.80. The van der Waals surface area contributed by atoms with Crippen molar-refractivity contribution in [1.29, 1.82) is 0 Å². The van der Waals surface area contributed by atoms with Crippen LogP contribution in [0.15, 0.2) is 35.9 Å². The highest BCUT2D eigenvalue weighted by Gasteiger charge is 2.28. The summed E-state index contributed by atoms with van der Waals surface area (Å²) in [4.78, 5) is 0. The Kier molecular flexibility index (Phi) is 2.66. The summed E-state index contributed by atoms with van der Waals surface area (Å²) in [5, 5.41) is 0. The average Bonchev–Trinajstić information content (AvgIpc) is 3.13. The lowest BCUT2D eigenvalue weighted by Crippen LogP contribution is -1.99. The molecule has 0 unspecified atom stereocenters. The van der Waals surface area contributed by atoms with Crippen LogP contribution in [0.1, 0.15) is 42.4 Å². The van der Waals surface area contributed by atoms with Crippen LogP contribution < -0.4 is 0 Å². The Morgan fingerprint density at radius 2 is 1.94 bits per heavy atom. The summed E-state index contributed by atoms with van der Waals surface area (Å²) in [6.45, 7) is 4.41. The number of rotatable bonds is 2. The molecule has 0 aliphatic heterocycles. The molecule has 1 saturated carbocycles. The molecule has 0 spiro atoms.